The van der Waals surface area contributed by atoms with Crippen LogP contribution in [-0.2, 0) is 0 Å². The van der Waals surface area contributed by atoms with Crippen molar-refractivity contribution in [3.8, 4) is 0 Å². The summed E-state index contributed by atoms with van der Waals surface area (Å²) in [7, 11) is -6.31. The van der Waals surface area contributed by atoms with E-state index in [1.54, 1.807) is 0 Å². The largest absolute Gasteiger partial charge is 0.437 e. The lowest BCUT2D eigenvalue weighted by Gasteiger charge is -2.54. The molecule has 1 nitrogen and oxygen atoms in total. The Morgan fingerprint density at radius 2 is 1.11 bits per heavy atom. The molecular formula is C13H36OSi4. The van der Waals surface area contributed by atoms with Gasteiger partial charge in [0.05, 0.1) is 15.2 Å². The molecule has 0 spiro atoms. The van der Waals surface area contributed by atoms with Crippen molar-refractivity contribution < 1.29 is 4.80 Å². The molecule has 110 valence electrons. The minimum Gasteiger partial charge on any atom is -0.437 e. The van der Waals surface area contributed by atoms with Crippen LogP contribution < -0.4 is 0 Å². The van der Waals surface area contributed by atoms with Gasteiger partial charge in [-0.05, 0) is 5.16 Å². The molecule has 1 atom stereocenters. The zero-order chi connectivity index (χ0) is 15.0. The van der Waals surface area contributed by atoms with Crippen molar-refractivity contribution in [2.24, 2.45) is 0 Å². The molecular weight excluding hydrogens is 284 g/mol. The molecule has 1 unspecified atom stereocenters. The smallest absolute Gasteiger partial charge is 0.163 e. The van der Waals surface area contributed by atoms with Gasteiger partial charge in [-0.2, -0.15) is 0 Å². The molecule has 0 aromatic heterocycles. The van der Waals surface area contributed by atoms with E-state index >= 15 is 0 Å². The van der Waals surface area contributed by atoms with Crippen LogP contribution in [0.2, 0.25) is 64.1 Å². The molecule has 18 heavy (non-hydrogen) atoms. The highest BCUT2D eigenvalue weighted by Crippen LogP contribution is 2.44. The summed E-state index contributed by atoms with van der Waals surface area (Å²) in [4.78, 5) is 11.9. The molecule has 5 heteroatoms. The Morgan fingerprint density at radius 1 is 0.778 bits per heavy atom. The summed E-state index contributed by atoms with van der Waals surface area (Å²) < 4.78 is 0. The van der Waals surface area contributed by atoms with Gasteiger partial charge < -0.3 is 4.80 Å². The predicted molar refractivity (Wildman–Crippen MR) is 96.7 cm³/mol. The molecule has 0 rings (SSSR count). The third-order valence-electron chi connectivity index (χ3n) is 4.41. The third kappa shape index (κ3) is 3.68. The molecule has 0 heterocycles. The van der Waals surface area contributed by atoms with E-state index in [2.05, 4.69) is 65.8 Å². The predicted octanol–water partition coefficient (Wildman–Crippen LogP) is 4.81. The molecule has 0 radical (unpaired) electrons. The summed E-state index contributed by atoms with van der Waals surface area (Å²) in [6.45, 7) is 24.3. The Labute approximate surface area is 119 Å². The van der Waals surface area contributed by atoms with E-state index in [-0.39, 0.29) is 0 Å². The van der Waals surface area contributed by atoms with Gasteiger partial charge in [0.2, 0.25) is 0 Å². The van der Waals surface area contributed by atoms with Crippen molar-refractivity contribution in [1.82, 2.24) is 0 Å². The lowest BCUT2D eigenvalue weighted by atomic mass is 10.4. The van der Waals surface area contributed by atoms with Crippen LogP contribution in [-0.4, -0.2) is 35.4 Å². The van der Waals surface area contributed by atoms with E-state index in [9.17, 15) is 4.80 Å². The van der Waals surface area contributed by atoms with Crippen LogP contribution in [0.15, 0.2) is 0 Å². The van der Waals surface area contributed by atoms with Crippen LogP contribution in [0.25, 0.3) is 0 Å². The van der Waals surface area contributed by atoms with Gasteiger partial charge in [0, 0.05) is 8.07 Å². The first-order valence-electron chi connectivity index (χ1n) is 7.42. The summed E-state index contributed by atoms with van der Waals surface area (Å²) in [5.41, 5.74) is 0. The van der Waals surface area contributed by atoms with E-state index in [1.807, 2.05) is 0 Å². The Hall–Kier alpha value is 0.828. The quantitative estimate of drug-likeness (QED) is 0.697. The first-order chi connectivity index (χ1) is 7.69. The van der Waals surface area contributed by atoms with Gasteiger partial charge >= 0.3 is 0 Å². The molecule has 0 fully saturated rings. The van der Waals surface area contributed by atoms with Gasteiger partial charge in [0.25, 0.3) is 0 Å². The van der Waals surface area contributed by atoms with E-state index in [1.165, 1.54) is 12.8 Å². The van der Waals surface area contributed by atoms with Gasteiger partial charge in [-0.15, -0.1) is 0 Å². The third-order valence-corrected chi connectivity index (χ3v) is 47.6. The maximum Gasteiger partial charge on any atom is 0.163 e. The average molecular weight is 321 g/mol. The first-order valence-corrected chi connectivity index (χ1v) is 22.0. The molecule has 0 aromatic carbocycles. The van der Waals surface area contributed by atoms with Crippen molar-refractivity contribution in [3.63, 3.8) is 0 Å². The molecule has 0 aliphatic heterocycles. The van der Waals surface area contributed by atoms with Crippen LogP contribution >= 0.6 is 0 Å². The Bertz CT molecular complexity index is 256. The van der Waals surface area contributed by atoms with E-state index in [0.29, 0.717) is 5.16 Å². The van der Waals surface area contributed by atoms with E-state index in [4.69, 9.17) is 0 Å². The zero-order valence-electron chi connectivity index (χ0n) is 14.4. The second kappa shape index (κ2) is 5.67. The van der Waals surface area contributed by atoms with Gasteiger partial charge in [-0.3, -0.25) is 0 Å². The van der Waals surface area contributed by atoms with Crippen LogP contribution in [0.5, 0.6) is 0 Å². The van der Waals surface area contributed by atoms with E-state index in [0.717, 1.165) is 0 Å². The second-order valence-corrected chi connectivity index (χ2v) is 41.3. The highest BCUT2D eigenvalue weighted by Gasteiger charge is 2.61. The fourth-order valence-electron chi connectivity index (χ4n) is 3.73. The Kier molecular flexibility index (Phi) is 5.93. The lowest BCUT2D eigenvalue weighted by Crippen LogP contribution is -2.77. The van der Waals surface area contributed by atoms with E-state index < -0.39 is 30.6 Å². The van der Waals surface area contributed by atoms with Crippen molar-refractivity contribution in [2.45, 2.75) is 83.9 Å². The van der Waals surface area contributed by atoms with Crippen LogP contribution in [0.1, 0.15) is 19.8 Å². The maximum atomic E-state index is 11.9. The molecule has 1 N–H and O–H groups in total. The lowest BCUT2D eigenvalue weighted by molar-refractivity contribution is 0.557. The van der Waals surface area contributed by atoms with Crippen molar-refractivity contribution in [3.05, 3.63) is 0 Å². The minimum absolute atomic E-state index is 0.702. The standard InChI is InChI=1S/C13H36OSi4/c1-11-12-13(15(2,3)4)18(14,16(5,6)7)17(8,9)10/h13-14H,11-12H2,1-10H3. The monoisotopic (exact) mass is 320 g/mol. The SMILES string of the molecule is CCCC([Si](C)(C)C)[Si](O)([Si](C)(C)C)[Si](C)(C)C. The fourth-order valence-corrected chi connectivity index (χ4v) is 64.7. The summed E-state index contributed by atoms with van der Waals surface area (Å²) in [6, 6.07) is 0. The molecule has 0 amide bonds. The molecule has 0 bridgehead atoms. The van der Waals surface area contributed by atoms with Crippen LogP contribution in [0.4, 0.5) is 0 Å². The second-order valence-electron chi connectivity index (χ2n) is 8.97. The molecule has 0 saturated heterocycles. The normalized spacial score (nSPS) is 16.8. The molecule has 0 aliphatic rings. The Balaban J connectivity index is 5.84. The van der Waals surface area contributed by atoms with Gasteiger partial charge in [-0.25, -0.2) is 0 Å². The molecule has 0 saturated carbocycles. The first kappa shape index (κ1) is 18.8. The Morgan fingerprint density at radius 3 is 1.28 bits per heavy atom. The summed E-state index contributed by atoms with van der Waals surface area (Å²) in [6.07, 6.45) is 2.51. The number of hydrogen-bond acceptors (Lipinski definition) is 1. The number of hydrogen-bond donors (Lipinski definition) is 1. The van der Waals surface area contributed by atoms with Crippen molar-refractivity contribution in [2.75, 3.05) is 0 Å². The molecule has 0 aromatic rings. The van der Waals surface area contributed by atoms with Gasteiger partial charge in [0.1, 0.15) is 0 Å². The minimum atomic E-state index is -2.10. The van der Waals surface area contributed by atoms with Crippen molar-refractivity contribution >= 4 is 30.6 Å². The van der Waals surface area contributed by atoms with Crippen LogP contribution in [0.3, 0.4) is 0 Å². The fraction of sp³-hybridized carbons (Fsp3) is 1.00. The van der Waals surface area contributed by atoms with Crippen LogP contribution in [0, 0.1) is 0 Å². The topological polar surface area (TPSA) is 20.2 Å². The van der Waals surface area contributed by atoms with Gasteiger partial charge in [0.15, 0.2) is 7.35 Å². The summed E-state index contributed by atoms with van der Waals surface area (Å²) in [5, 5.41) is 0.702. The van der Waals surface area contributed by atoms with Gasteiger partial charge in [-0.1, -0.05) is 78.7 Å². The molecule has 0 aliphatic carbocycles. The zero-order valence-corrected chi connectivity index (χ0v) is 18.4. The highest BCUT2D eigenvalue weighted by molar-refractivity contribution is 7.67. The van der Waals surface area contributed by atoms with Crippen molar-refractivity contribution in [1.29, 1.82) is 0 Å². The maximum absolute atomic E-state index is 11.9. The average Bonchev–Trinajstić information content (AvgIpc) is 2.07. The summed E-state index contributed by atoms with van der Waals surface area (Å²) >= 11 is 0. The summed E-state index contributed by atoms with van der Waals surface area (Å²) in [5.74, 6) is 0. The highest BCUT2D eigenvalue weighted by atomic mass is 29.7. The number of rotatable bonds is 6.